The maximum atomic E-state index is 12.7. The maximum absolute atomic E-state index is 12.7. The van der Waals surface area contributed by atoms with E-state index in [0.29, 0.717) is 36.7 Å². The van der Waals surface area contributed by atoms with Crippen molar-refractivity contribution in [2.24, 2.45) is 0 Å². The van der Waals surface area contributed by atoms with Gasteiger partial charge in [-0.25, -0.2) is 0 Å². The zero-order valence-electron chi connectivity index (χ0n) is 13.1. The predicted molar refractivity (Wildman–Crippen MR) is 88.8 cm³/mol. The van der Waals surface area contributed by atoms with Crippen LogP contribution in [-0.2, 0) is 0 Å². The molecule has 0 aromatic heterocycles. The average Bonchev–Trinajstić information content (AvgIpc) is 2.59. The third-order valence-corrected chi connectivity index (χ3v) is 3.85. The standard InChI is InChI=1S/C18H20N2O3/c1-2-20(18(21)14-7-3-4-8-15(14)19)11-13-12-22-16-9-5-6-10-17(16)23-13/h3-10,13H,2,11-12,19H2,1H3. The van der Waals surface area contributed by atoms with Crippen LogP contribution in [0.3, 0.4) is 0 Å². The fraction of sp³-hybridized carbons (Fsp3) is 0.278. The zero-order valence-corrected chi connectivity index (χ0v) is 13.1. The van der Waals surface area contributed by atoms with Crippen molar-refractivity contribution in [3.05, 3.63) is 54.1 Å². The van der Waals surface area contributed by atoms with Gasteiger partial charge in [0.15, 0.2) is 17.6 Å². The van der Waals surface area contributed by atoms with Crippen LogP contribution in [0.15, 0.2) is 48.5 Å². The largest absolute Gasteiger partial charge is 0.486 e. The molecule has 0 radical (unpaired) electrons. The predicted octanol–water partition coefficient (Wildman–Crippen LogP) is 2.57. The molecule has 1 heterocycles. The molecule has 120 valence electrons. The lowest BCUT2D eigenvalue weighted by atomic mass is 10.1. The normalized spacial score (nSPS) is 16.0. The van der Waals surface area contributed by atoms with Crippen molar-refractivity contribution in [1.82, 2.24) is 4.90 Å². The number of para-hydroxylation sites is 3. The van der Waals surface area contributed by atoms with Gasteiger partial charge in [-0.1, -0.05) is 24.3 Å². The topological polar surface area (TPSA) is 64.8 Å². The Balaban J connectivity index is 1.71. The van der Waals surface area contributed by atoms with E-state index in [2.05, 4.69) is 0 Å². The van der Waals surface area contributed by atoms with E-state index in [4.69, 9.17) is 15.2 Å². The second kappa shape index (κ2) is 6.60. The van der Waals surface area contributed by atoms with Crippen LogP contribution in [0.4, 0.5) is 5.69 Å². The second-order valence-electron chi connectivity index (χ2n) is 5.43. The van der Waals surface area contributed by atoms with Gasteiger partial charge < -0.3 is 20.1 Å². The number of nitrogen functional groups attached to an aromatic ring is 1. The van der Waals surface area contributed by atoms with E-state index >= 15 is 0 Å². The first-order chi connectivity index (χ1) is 11.2. The summed E-state index contributed by atoms with van der Waals surface area (Å²) in [4.78, 5) is 14.4. The van der Waals surface area contributed by atoms with Gasteiger partial charge in [-0.2, -0.15) is 0 Å². The molecule has 1 aliphatic heterocycles. The first-order valence-electron chi connectivity index (χ1n) is 7.71. The highest BCUT2D eigenvalue weighted by molar-refractivity contribution is 5.99. The van der Waals surface area contributed by atoms with E-state index in [1.807, 2.05) is 43.3 Å². The Morgan fingerprint density at radius 2 is 1.87 bits per heavy atom. The molecule has 5 nitrogen and oxygen atoms in total. The number of rotatable bonds is 4. The molecule has 0 bridgehead atoms. The first kappa shape index (κ1) is 15.2. The summed E-state index contributed by atoms with van der Waals surface area (Å²) in [6.45, 7) is 3.40. The number of likely N-dealkylation sites (N-methyl/N-ethyl adjacent to an activating group) is 1. The molecule has 3 rings (SSSR count). The minimum Gasteiger partial charge on any atom is -0.486 e. The van der Waals surface area contributed by atoms with Crippen molar-refractivity contribution >= 4 is 11.6 Å². The van der Waals surface area contributed by atoms with Crippen LogP contribution < -0.4 is 15.2 Å². The number of nitrogens with zero attached hydrogens (tertiary/aromatic N) is 1. The minimum absolute atomic E-state index is 0.0898. The molecule has 1 unspecified atom stereocenters. The molecule has 0 saturated carbocycles. The summed E-state index contributed by atoms with van der Waals surface area (Å²) in [5.74, 6) is 1.37. The van der Waals surface area contributed by atoms with Gasteiger partial charge >= 0.3 is 0 Å². The number of anilines is 1. The van der Waals surface area contributed by atoms with Crippen LogP contribution in [-0.4, -0.2) is 36.6 Å². The Morgan fingerprint density at radius 3 is 2.61 bits per heavy atom. The Bertz CT molecular complexity index is 702. The molecule has 23 heavy (non-hydrogen) atoms. The number of carbonyl (C=O) groups is 1. The third-order valence-electron chi connectivity index (χ3n) is 3.85. The third kappa shape index (κ3) is 3.23. The second-order valence-corrected chi connectivity index (χ2v) is 5.43. The smallest absolute Gasteiger partial charge is 0.256 e. The van der Waals surface area contributed by atoms with Gasteiger partial charge in [0.2, 0.25) is 0 Å². The highest BCUT2D eigenvalue weighted by atomic mass is 16.6. The lowest BCUT2D eigenvalue weighted by Crippen LogP contribution is -2.43. The molecule has 5 heteroatoms. The number of benzene rings is 2. The van der Waals surface area contributed by atoms with Crippen molar-refractivity contribution in [2.75, 3.05) is 25.4 Å². The number of fused-ring (bicyclic) bond motifs is 1. The lowest BCUT2D eigenvalue weighted by Gasteiger charge is -2.31. The van der Waals surface area contributed by atoms with Crippen molar-refractivity contribution < 1.29 is 14.3 Å². The highest BCUT2D eigenvalue weighted by Gasteiger charge is 2.25. The van der Waals surface area contributed by atoms with Gasteiger partial charge in [0.05, 0.1) is 12.1 Å². The van der Waals surface area contributed by atoms with E-state index in [1.165, 1.54) is 0 Å². The number of amides is 1. The fourth-order valence-corrected chi connectivity index (χ4v) is 2.62. The molecule has 2 N–H and O–H groups in total. The Labute approximate surface area is 135 Å². The Kier molecular flexibility index (Phi) is 4.37. The van der Waals surface area contributed by atoms with Crippen LogP contribution >= 0.6 is 0 Å². The number of nitrogens with two attached hydrogens (primary N) is 1. The molecule has 2 aromatic carbocycles. The zero-order chi connectivity index (χ0) is 16.2. The summed E-state index contributed by atoms with van der Waals surface area (Å²) in [5, 5.41) is 0. The Morgan fingerprint density at radius 1 is 1.17 bits per heavy atom. The van der Waals surface area contributed by atoms with E-state index in [9.17, 15) is 4.79 Å². The van der Waals surface area contributed by atoms with E-state index in [-0.39, 0.29) is 12.0 Å². The van der Waals surface area contributed by atoms with Crippen LogP contribution in [0.5, 0.6) is 11.5 Å². The monoisotopic (exact) mass is 312 g/mol. The average molecular weight is 312 g/mol. The molecule has 1 atom stereocenters. The van der Waals surface area contributed by atoms with Gasteiger partial charge in [0, 0.05) is 12.2 Å². The quantitative estimate of drug-likeness (QED) is 0.881. The molecule has 0 spiro atoms. The van der Waals surface area contributed by atoms with Gasteiger partial charge in [-0.05, 0) is 31.2 Å². The summed E-state index contributed by atoms with van der Waals surface area (Å²) in [5.41, 5.74) is 6.91. The van der Waals surface area contributed by atoms with E-state index in [1.54, 1.807) is 17.0 Å². The van der Waals surface area contributed by atoms with Crippen molar-refractivity contribution in [1.29, 1.82) is 0 Å². The van der Waals surface area contributed by atoms with Crippen molar-refractivity contribution in [3.63, 3.8) is 0 Å². The number of hydrogen-bond acceptors (Lipinski definition) is 4. The van der Waals surface area contributed by atoms with Crippen LogP contribution in [0.25, 0.3) is 0 Å². The Hall–Kier alpha value is -2.69. The SMILES string of the molecule is CCN(CC1COc2ccccc2O1)C(=O)c1ccccc1N. The molecular weight excluding hydrogens is 292 g/mol. The highest BCUT2D eigenvalue weighted by Crippen LogP contribution is 2.31. The van der Waals surface area contributed by atoms with Crippen LogP contribution in [0, 0.1) is 0 Å². The molecule has 2 aromatic rings. The summed E-state index contributed by atoms with van der Waals surface area (Å²) in [7, 11) is 0. The number of ether oxygens (including phenoxy) is 2. The van der Waals surface area contributed by atoms with Crippen molar-refractivity contribution in [3.8, 4) is 11.5 Å². The molecule has 0 saturated heterocycles. The number of carbonyl (C=O) groups excluding carboxylic acids is 1. The summed E-state index contributed by atoms with van der Waals surface area (Å²) < 4.78 is 11.6. The molecule has 0 fully saturated rings. The van der Waals surface area contributed by atoms with Crippen LogP contribution in [0.1, 0.15) is 17.3 Å². The summed E-state index contributed by atoms with van der Waals surface area (Å²) >= 11 is 0. The summed E-state index contributed by atoms with van der Waals surface area (Å²) in [6, 6.07) is 14.7. The van der Waals surface area contributed by atoms with Gasteiger partial charge in [0.25, 0.3) is 5.91 Å². The minimum atomic E-state index is -0.196. The van der Waals surface area contributed by atoms with Crippen LogP contribution in [0.2, 0.25) is 0 Å². The number of hydrogen-bond donors (Lipinski definition) is 1. The molecule has 0 aliphatic carbocycles. The first-order valence-corrected chi connectivity index (χ1v) is 7.71. The van der Waals surface area contributed by atoms with Crippen molar-refractivity contribution in [2.45, 2.75) is 13.0 Å². The fourth-order valence-electron chi connectivity index (χ4n) is 2.62. The van der Waals surface area contributed by atoms with Gasteiger partial charge in [0.1, 0.15) is 6.61 Å². The molecule has 1 aliphatic rings. The molecular formula is C18H20N2O3. The molecule has 1 amide bonds. The van der Waals surface area contributed by atoms with E-state index in [0.717, 1.165) is 5.75 Å². The van der Waals surface area contributed by atoms with Gasteiger partial charge in [-0.3, -0.25) is 4.79 Å². The van der Waals surface area contributed by atoms with E-state index < -0.39 is 0 Å². The summed E-state index contributed by atoms with van der Waals surface area (Å²) in [6.07, 6.45) is -0.196. The maximum Gasteiger partial charge on any atom is 0.256 e. The van der Waals surface area contributed by atoms with Gasteiger partial charge in [-0.15, -0.1) is 0 Å². The lowest BCUT2D eigenvalue weighted by molar-refractivity contribution is 0.0475.